The van der Waals surface area contributed by atoms with Gasteiger partial charge in [0, 0.05) is 22.7 Å². The molecule has 1 saturated carbocycles. The van der Waals surface area contributed by atoms with Crippen molar-refractivity contribution in [2.45, 2.75) is 38.3 Å². The van der Waals surface area contributed by atoms with E-state index in [0.717, 1.165) is 37.1 Å². The molecule has 1 fully saturated rings. The van der Waals surface area contributed by atoms with Crippen molar-refractivity contribution in [3.63, 3.8) is 0 Å². The van der Waals surface area contributed by atoms with Crippen LogP contribution in [0.1, 0.15) is 34.3 Å². The summed E-state index contributed by atoms with van der Waals surface area (Å²) in [5.41, 5.74) is 2.92. The molecule has 0 atom stereocenters. The van der Waals surface area contributed by atoms with Crippen molar-refractivity contribution < 1.29 is 9.53 Å². The summed E-state index contributed by atoms with van der Waals surface area (Å²) in [5.74, 6) is 0.839. The molecular formula is C21H25ClN2O2. The summed E-state index contributed by atoms with van der Waals surface area (Å²) in [6, 6.07) is 14.3. The van der Waals surface area contributed by atoms with Crippen molar-refractivity contribution in [2.75, 3.05) is 13.7 Å². The highest BCUT2D eigenvalue weighted by Crippen LogP contribution is 2.21. The van der Waals surface area contributed by atoms with Gasteiger partial charge in [-0.15, -0.1) is 0 Å². The lowest BCUT2D eigenvalue weighted by atomic mass is 9.86. The highest BCUT2D eigenvalue weighted by molar-refractivity contribution is 6.31. The highest BCUT2D eigenvalue weighted by atomic mass is 35.5. The number of rotatable bonds is 7. The van der Waals surface area contributed by atoms with Crippen LogP contribution in [0.2, 0.25) is 5.02 Å². The molecule has 1 aliphatic carbocycles. The number of halogens is 1. The molecule has 3 rings (SSSR count). The number of ether oxygens (including phenoxy) is 1. The molecule has 4 nitrogen and oxygen atoms in total. The molecule has 0 spiro atoms. The van der Waals surface area contributed by atoms with E-state index in [9.17, 15) is 4.79 Å². The molecule has 0 unspecified atom stereocenters. The van der Waals surface area contributed by atoms with Gasteiger partial charge < -0.3 is 15.4 Å². The molecule has 1 aliphatic rings. The monoisotopic (exact) mass is 372 g/mol. The van der Waals surface area contributed by atoms with Crippen LogP contribution in [0.25, 0.3) is 0 Å². The molecule has 5 heteroatoms. The Hall–Kier alpha value is -2.04. The van der Waals surface area contributed by atoms with Gasteiger partial charge in [0.1, 0.15) is 5.75 Å². The number of carbonyl (C=O) groups excluding carboxylic acids is 1. The van der Waals surface area contributed by atoms with E-state index < -0.39 is 0 Å². The number of aryl methyl sites for hydroxylation is 1. The Morgan fingerprint density at radius 1 is 1.15 bits per heavy atom. The molecule has 0 aliphatic heterocycles. The Labute approximate surface area is 159 Å². The van der Waals surface area contributed by atoms with Crippen LogP contribution in [0.4, 0.5) is 0 Å². The third kappa shape index (κ3) is 4.99. The minimum absolute atomic E-state index is 0.0442. The van der Waals surface area contributed by atoms with Crippen molar-refractivity contribution >= 4 is 17.5 Å². The van der Waals surface area contributed by atoms with Gasteiger partial charge in [-0.2, -0.15) is 0 Å². The average Bonchev–Trinajstić information content (AvgIpc) is 2.59. The maximum absolute atomic E-state index is 12.3. The summed E-state index contributed by atoms with van der Waals surface area (Å²) in [4.78, 5) is 12.3. The number of amides is 1. The van der Waals surface area contributed by atoms with E-state index in [4.69, 9.17) is 16.3 Å². The predicted octanol–water partition coefficient (Wildman–Crippen LogP) is 3.75. The molecule has 0 heterocycles. The lowest BCUT2D eigenvalue weighted by Crippen LogP contribution is -2.52. The van der Waals surface area contributed by atoms with Gasteiger partial charge >= 0.3 is 0 Å². The lowest BCUT2D eigenvalue weighted by Gasteiger charge is -2.36. The molecule has 2 aromatic rings. The zero-order valence-electron chi connectivity index (χ0n) is 15.2. The first-order valence-electron chi connectivity index (χ1n) is 8.98. The summed E-state index contributed by atoms with van der Waals surface area (Å²) in [7, 11) is 1.68. The molecule has 2 N–H and O–H groups in total. The summed E-state index contributed by atoms with van der Waals surface area (Å²) >= 11 is 6.03. The zero-order chi connectivity index (χ0) is 18.5. The smallest absolute Gasteiger partial charge is 0.251 e. The van der Waals surface area contributed by atoms with Gasteiger partial charge in [-0.05, 0) is 74.2 Å². The first kappa shape index (κ1) is 18.7. The molecule has 1 amide bonds. The zero-order valence-corrected chi connectivity index (χ0v) is 16.0. The van der Waals surface area contributed by atoms with E-state index in [2.05, 4.69) is 22.8 Å². The summed E-state index contributed by atoms with van der Waals surface area (Å²) in [5, 5.41) is 7.24. The molecule has 0 saturated heterocycles. The van der Waals surface area contributed by atoms with E-state index in [1.54, 1.807) is 13.2 Å². The van der Waals surface area contributed by atoms with Crippen molar-refractivity contribution in [3.8, 4) is 5.75 Å². The number of hydrogen-bond acceptors (Lipinski definition) is 3. The minimum Gasteiger partial charge on any atom is -0.497 e. The van der Waals surface area contributed by atoms with Crippen LogP contribution in [0.5, 0.6) is 5.75 Å². The SMILES string of the molecule is COc1ccc(CCNC2CC(NC(=O)c3cc(C)cc(Cl)c3)C2)cc1. The van der Waals surface area contributed by atoms with Gasteiger partial charge in [0.2, 0.25) is 0 Å². The van der Waals surface area contributed by atoms with Gasteiger partial charge in [-0.3, -0.25) is 4.79 Å². The van der Waals surface area contributed by atoms with Crippen molar-refractivity contribution in [1.29, 1.82) is 0 Å². The summed E-state index contributed by atoms with van der Waals surface area (Å²) in [6.45, 7) is 2.87. The first-order chi connectivity index (χ1) is 12.5. The predicted molar refractivity (Wildman–Crippen MR) is 105 cm³/mol. The quantitative estimate of drug-likeness (QED) is 0.778. The molecule has 0 aromatic heterocycles. The van der Waals surface area contributed by atoms with Crippen molar-refractivity contribution in [1.82, 2.24) is 10.6 Å². The average molecular weight is 373 g/mol. The van der Waals surface area contributed by atoms with Gasteiger partial charge in [0.15, 0.2) is 0 Å². The van der Waals surface area contributed by atoms with Gasteiger partial charge in [-0.1, -0.05) is 23.7 Å². The number of carbonyl (C=O) groups is 1. The number of hydrogen-bond donors (Lipinski definition) is 2. The van der Waals surface area contributed by atoms with E-state index in [1.807, 2.05) is 31.2 Å². The van der Waals surface area contributed by atoms with Crippen LogP contribution >= 0.6 is 11.6 Å². The molecule has 2 aromatic carbocycles. The van der Waals surface area contributed by atoms with Gasteiger partial charge in [-0.25, -0.2) is 0 Å². The third-order valence-electron chi connectivity index (χ3n) is 4.78. The first-order valence-corrected chi connectivity index (χ1v) is 9.35. The topological polar surface area (TPSA) is 50.4 Å². The Bertz CT molecular complexity index is 735. The third-order valence-corrected chi connectivity index (χ3v) is 5.00. The largest absolute Gasteiger partial charge is 0.497 e. The van der Waals surface area contributed by atoms with Gasteiger partial charge in [0.05, 0.1) is 7.11 Å². The summed E-state index contributed by atoms with van der Waals surface area (Å²) in [6.07, 6.45) is 2.92. The fourth-order valence-electron chi connectivity index (χ4n) is 3.25. The van der Waals surface area contributed by atoms with Crippen LogP contribution in [0.3, 0.4) is 0 Å². The number of nitrogens with one attached hydrogen (secondary N) is 2. The number of benzene rings is 2. The number of methoxy groups -OCH3 is 1. The fourth-order valence-corrected chi connectivity index (χ4v) is 3.54. The van der Waals surface area contributed by atoms with Crippen LogP contribution in [-0.4, -0.2) is 31.6 Å². The second kappa shape index (κ2) is 8.56. The van der Waals surface area contributed by atoms with E-state index in [0.29, 0.717) is 16.6 Å². The van der Waals surface area contributed by atoms with E-state index in [-0.39, 0.29) is 11.9 Å². The standard InChI is InChI=1S/C21H25ClN2O2/c1-14-9-16(11-17(22)10-14)21(25)24-19-12-18(13-19)23-8-7-15-3-5-20(26-2)6-4-15/h3-6,9-11,18-19,23H,7-8,12-13H2,1-2H3,(H,24,25). The van der Waals surface area contributed by atoms with Crippen LogP contribution in [-0.2, 0) is 6.42 Å². The molecule has 138 valence electrons. The van der Waals surface area contributed by atoms with Gasteiger partial charge in [0.25, 0.3) is 5.91 Å². The van der Waals surface area contributed by atoms with E-state index >= 15 is 0 Å². The Balaban J connectivity index is 1.36. The maximum atomic E-state index is 12.3. The molecular weight excluding hydrogens is 348 g/mol. The summed E-state index contributed by atoms with van der Waals surface area (Å²) < 4.78 is 5.17. The van der Waals surface area contributed by atoms with Crippen molar-refractivity contribution in [3.05, 3.63) is 64.2 Å². The van der Waals surface area contributed by atoms with E-state index in [1.165, 1.54) is 5.56 Å². The molecule has 0 bridgehead atoms. The second-order valence-electron chi connectivity index (χ2n) is 6.91. The normalized spacial score (nSPS) is 18.9. The fraction of sp³-hybridized carbons (Fsp3) is 0.381. The minimum atomic E-state index is -0.0442. The molecule has 26 heavy (non-hydrogen) atoms. The van der Waals surface area contributed by atoms with Crippen LogP contribution < -0.4 is 15.4 Å². The highest BCUT2D eigenvalue weighted by Gasteiger charge is 2.29. The Kier molecular flexibility index (Phi) is 6.17. The second-order valence-corrected chi connectivity index (χ2v) is 7.34. The van der Waals surface area contributed by atoms with Crippen molar-refractivity contribution in [2.24, 2.45) is 0 Å². The Morgan fingerprint density at radius 2 is 1.88 bits per heavy atom. The maximum Gasteiger partial charge on any atom is 0.251 e. The Morgan fingerprint density at radius 3 is 2.54 bits per heavy atom. The van der Waals surface area contributed by atoms with Crippen LogP contribution in [0.15, 0.2) is 42.5 Å². The molecule has 0 radical (unpaired) electrons. The van der Waals surface area contributed by atoms with Crippen LogP contribution in [0, 0.1) is 6.92 Å². The lowest BCUT2D eigenvalue weighted by molar-refractivity contribution is 0.0902.